The molecule has 0 spiro atoms. The minimum absolute atomic E-state index is 0.338. The molecular formula is C17H13ClN4O. The van der Waals surface area contributed by atoms with Gasteiger partial charge in [0, 0.05) is 0 Å². The summed E-state index contributed by atoms with van der Waals surface area (Å²) >= 11 is 5.67. The number of nitrogens with zero attached hydrogens (tertiary/aromatic N) is 3. The molecule has 3 aromatic rings. The number of nitrogens with one attached hydrogen (secondary N) is 1. The highest BCUT2D eigenvalue weighted by atomic mass is 35.5. The summed E-state index contributed by atoms with van der Waals surface area (Å²) in [6, 6.07) is 20.6. The average Bonchev–Trinajstić information content (AvgIpc) is 2.58. The van der Waals surface area contributed by atoms with Crippen LogP contribution >= 0.6 is 11.6 Å². The zero-order valence-electron chi connectivity index (χ0n) is 12.1. The topological polar surface area (TPSA) is 59.4 Å². The second-order valence-corrected chi connectivity index (χ2v) is 4.99. The number of benzene rings is 2. The average molecular weight is 325 g/mol. The van der Waals surface area contributed by atoms with Crippen molar-refractivity contribution in [3.8, 4) is 11.5 Å². The van der Waals surface area contributed by atoms with Crippen LogP contribution in [0.4, 0.5) is 5.82 Å². The Morgan fingerprint density at radius 2 is 1.74 bits per heavy atom. The first kappa shape index (κ1) is 15.0. The fourth-order valence-corrected chi connectivity index (χ4v) is 1.93. The second-order valence-electron chi connectivity index (χ2n) is 4.60. The summed E-state index contributed by atoms with van der Waals surface area (Å²) in [5.74, 6) is 2.05. The van der Waals surface area contributed by atoms with E-state index >= 15 is 0 Å². The number of hydrogen-bond acceptors (Lipinski definition) is 5. The first-order chi connectivity index (χ1) is 11.3. The van der Waals surface area contributed by atoms with Crippen molar-refractivity contribution >= 4 is 23.6 Å². The lowest BCUT2D eigenvalue weighted by atomic mass is 10.2. The standard InChI is InChI=1S/C17H13ClN4O/c18-16-9-10-17(22-20-16)21-19-12-13-5-4-8-15(11-13)23-14-6-2-1-3-7-14/h1-12H,(H,21,22)/b19-12-. The molecule has 3 rings (SSSR count). The summed E-state index contributed by atoms with van der Waals surface area (Å²) in [6.07, 6.45) is 1.67. The van der Waals surface area contributed by atoms with Gasteiger partial charge in [0.05, 0.1) is 6.21 Å². The highest BCUT2D eigenvalue weighted by molar-refractivity contribution is 6.29. The van der Waals surface area contributed by atoms with Gasteiger partial charge in [0.1, 0.15) is 11.5 Å². The third-order valence-corrected chi connectivity index (χ3v) is 3.06. The molecule has 1 N–H and O–H groups in total. The van der Waals surface area contributed by atoms with E-state index in [0.29, 0.717) is 11.0 Å². The van der Waals surface area contributed by atoms with Gasteiger partial charge < -0.3 is 4.74 Å². The van der Waals surface area contributed by atoms with Crippen LogP contribution in [0.5, 0.6) is 11.5 Å². The van der Waals surface area contributed by atoms with E-state index in [1.54, 1.807) is 18.3 Å². The Hall–Kier alpha value is -2.92. The first-order valence-electron chi connectivity index (χ1n) is 6.91. The van der Waals surface area contributed by atoms with Gasteiger partial charge in [0.25, 0.3) is 0 Å². The molecular weight excluding hydrogens is 312 g/mol. The molecule has 23 heavy (non-hydrogen) atoms. The van der Waals surface area contributed by atoms with Crippen molar-refractivity contribution in [1.82, 2.24) is 10.2 Å². The third kappa shape index (κ3) is 4.52. The predicted molar refractivity (Wildman–Crippen MR) is 91.2 cm³/mol. The smallest absolute Gasteiger partial charge is 0.168 e. The Bertz CT molecular complexity index is 791. The van der Waals surface area contributed by atoms with Crippen molar-refractivity contribution in [1.29, 1.82) is 0 Å². The maximum absolute atomic E-state index is 5.78. The summed E-state index contributed by atoms with van der Waals surface area (Å²) in [5.41, 5.74) is 3.68. The fraction of sp³-hybridized carbons (Fsp3) is 0. The van der Waals surface area contributed by atoms with Crippen LogP contribution in [0.1, 0.15) is 5.56 Å². The number of ether oxygens (including phenoxy) is 1. The molecule has 0 saturated carbocycles. The molecule has 0 bridgehead atoms. The Morgan fingerprint density at radius 1 is 0.913 bits per heavy atom. The van der Waals surface area contributed by atoms with Crippen LogP contribution < -0.4 is 10.2 Å². The zero-order valence-corrected chi connectivity index (χ0v) is 12.8. The summed E-state index contributed by atoms with van der Waals surface area (Å²) in [4.78, 5) is 0. The summed E-state index contributed by atoms with van der Waals surface area (Å²) in [7, 11) is 0. The molecule has 114 valence electrons. The van der Waals surface area contributed by atoms with Gasteiger partial charge in [0.2, 0.25) is 0 Å². The van der Waals surface area contributed by atoms with Crippen molar-refractivity contribution in [3.63, 3.8) is 0 Å². The Morgan fingerprint density at radius 3 is 2.52 bits per heavy atom. The molecule has 0 unspecified atom stereocenters. The van der Waals surface area contributed by atoms with E-state index in [9.17, 15) is 0 Å². The van der Waals surface area contributed by atoms with E-state index in [1.807, 2.05) is 54.6 Å². The van der Waals surface area contributed by atoms with Gasteiger partial charge in [-0.3, -0.25) is 5.43 Å². The van der Waals surface area contributed by atoms with Crippen LogP contribution in [-0.4, -0.2) is 16.4 Å². The molecule has 2 aromatic carbocycles. The maximum Gasteiger partial charge on any atom is 0.168 e. The van der Waals surface area contributed by atoms with Crippen molar-refractivity contribution in [2.75, 3.05) is 5.43 Å². The van der Waals surface area contributed by atoms with Gasteiger partial charge in [-0.05, 0) is 42.0 Å². The second kappa shape index (κ2) is 7.38. The van der Waals surface area contributed by atoms with Crippen LogP contribution in [0.2, 0.25) is 5.15 Å². The monoisotopic (exact) mass is 324 g/mol. The van der Waals surface area contributed by atoms with Gasteiger partial charge in [-0.25, -0.2) is 0 Å². The molecule has 0 atom stereocenters. The van der Waals surface area contributed by atoms with E-state index in [0.717, 1.165) is 17.1 Å². The third-order valence-electron chi connectivity index (χ3n) is 2.86. The number of para-hydroxylation sites is 1. The van der Waals surface area contributed by atoms with Crippen molar-refractivity contribution in [3.05, 3.63) is 77.4 Å². The molecule has 1 aromatic heterocycles. The minimum Gasteiger partial charge on any atom is -0.457 e. The van der Waals surface area contributed by atoms with Crippen LogP contribution in [0.3, 0.4) is 0 Å². The van der Waals surface area contributed by atoms with Crippen molar-refractivity contribution in [2.45, 2.75) is 0 Å². The highest BCUT2D eigenvalue weighted by Crippen LogP contribution is 2.21. The fourth-order valence-electron chi connectivity index (χ4n) is 1.83. The molecule has 0 aliphatic rings. The predicted octanol–water partition coefficient (Wildman–Crippen LogP) is 4.37. The van der Waals surface area contributed by atoms with Gasteiger partial charge in [-0.1, -0.05) is 41.9 Å². The number of hydrogen-bond donors (Lipinski definition) is 1. The Balaban J connectivity index is 1.65. The molecule has 5 nitrogen and oxygen atoms in total. The highest BCUT2D eigenvalue weighted by Gasteiger charge is 1.98. The minimum atomic E-state index is 0.338. The van der Waals surface area contributed by atoms with E-state index in [-0.39, 0.29) is 0 Å². The number of hydrazone groups is 1. The zero-order chi connectivity index (χ0) is 15.9. The maximum atomic E-state index is 5.78. The van der Waals surface area contributed by atoms with Crippen LogP contribution in [0, 0.1) is 0 Å². The molecule has 0 amide bonds. The van der Waals surface area contributed by atoms with E-state index in [1.165, 1.54) is 0 Å². The normalized spacial score (nSPS) is 10.7. The van der Waals surface area contributed by atoms with Crippen LogP contribution in [0.15, 0.2) is 71.8 Å². The van der Waals surface area contributed by atoms with E-state index < -0.39 is 0 Å². The lowest BCUT2D eigenvalue weighted by Crippen LogP contribution is -1.95. The van der Waals surface area contributed by atoms with Crippen LogP contribution in [0.25, 0.3) is 0 Å². The summed E-state index contributed by atoms with van der Waals surface area (Å²) < 4.78 is 5.78. The Kier molecular flexibility index (Phi) is 4.81. The lowest BCUT2D eigenvalue weighted by Gasteiger charge is -2.05. The number of rotatable bonds is 5. The van der Waals surface area contributed by atoms with Gasteiger partial charge in [-0.15, -0.1) is 10.2 Å². The molecule has 0 fully saturated rings. The molecule has 0 saturated heterocycles. The lowest BCUT2D eigenvalue weighted by molar-refractivity contribution is 0.482. The first-order valence-corrected chi connectivity index (χ1v) is 7.29. The molecule has 0 aliphatic carbocycles. The van der Waals surface area contributed by atoms with E-state index in [4.69, 9.17) is 16.3 Å². The molecule has 0 radical (unpaired) electrons. The Labute approximate surface area is 138 Å². The summed E-state index contributed by atoms with van der Waals surface area (Å²) in [5, 5.41) is 12.0. The van der Waals surface area contributed by atoms with Gasteiger partial charge >= 0.3 is 0 Å². The van der Waals surface area contributed by atoms with Crippen molar-refractivity contribution in [2.24, 2.45) is 5.10 Å². The number of halogens is 1. The van der Waals surface area contributed by atoms with Crippen LogP contribution in [-0.2, 0) is 0 Å². The molecule has 0 aliphatic heterocycles. The SMILES string of the molecule is Clc1ccc(N/N=C\c2cccc(Oc3ccccc3)c2)nn1. The number of anilines is 1. The molecule has 6 heteroatoms. The van der Waals surface area contributed by atoms with Gasteiger partial charge in [-0.2, -0.15) is 5.10 Å². The van der Waals surface area contributed by atoms with Crippen molar-refractivity contribution < 1.29 is 4.74 Å². The largest absolute Gasteiger partial charge is 0.457 e. The quantitative estimate of drug-likeness (QED) is 0.559. The van der Waals surface area contributed by atoms with E-state index in [2.05, 4.69) is 20.7 Å². The number of aromatic nitrogens is 2. The van der Waals surface area contributed by atoms with Gasteiger partial charge in [0.15, 0.2) is 11.0 Å². The summed E-state index contributed by atoms with van der Waals surface area (Å²) in [6.45, 7) is 0. The molecule has 1 heterocycles.